The topological polar surface area (TPSA) is 64.0 Å². The highest BCUT2D eigenvalue weighted by molar-refractivity contribution is 7.98. The first-order valence-corrected chi connectivity index (χ1v) is 12.8. The van der Waals surface area contributed by atoms with Gasteiger partial charge in [0.15, 0.2) is 5.16 Å². The van der Waals surface area contributed by atoms with Crippen LogP contribution in [-0.4, -0.2) is 22.0 Å². The molecule has 0 unspecified atom stereocenters. The number of rotatable bonds is 9. The van der Waals surface area contributed by atoms with Crippen LogP contribution in [0, 0.1) is 5.82 Å². The quantitative estimate of drug-likeness (QED) is 0.226. The highest BCUT2D eigenvalue weighted by Crippen LogP contribution is 2.28. The lowest BCUT2D eigenvalue weighted by Gasteiger charge is -2.14. The molecule has 3 aromatic carbocycles. The van der Waals surface area contributed by atoms with Gasteiger partial charge in [-0.3, -0.25) is 14.2 Å². The van der Waals surface area contributed by atoms with Crippen LogP contribution in [0.1, 0.15) is 34.8 Å². The van der Waals surface area contributed by atoms with Crippen LogP contribution in [0.25, 0.3) is 10.9 Å². The number of carbonyl (C=O) groups excluding carboxylic acids is 1. The second kappa shape index (κ2) is 11.5. The first kappa shape index (κ1) is 24.9. The maximum absolute atomic E-state index is 14.4. The number of hydrogen-bond donors (Lipinski definition) is 1. The van der Waals surface area contributed by atoms with Gasteiger partial charge in [0.1, 0.15) is 5.82 Å². The molecular formula is C27H25ClFN3O2S. The van der Waals surface area contributed by atoms with Gasteiger partial charge in [0.05, 0.1) is 10.9 Å². The number of aryl methyl sites for hydroxylation is 1. The Morgan fingerprint density at radius 2 is 1.91 bits per heavy atom. The van der Waals surface area contributed by atoms with Crippen molar-refractivity contribution in [3.05, 3.63) is 105 Å². The van der Waals surface area contributed by atoms with Crippen LogP contribution in [0.5, 0.6) is 0 Å². The largest absolute Gasteiger partial charge is 0.352 e. The summed E-state index contributed by atoms with van der Waals surface area (Å²) in [6, 6.07) is 19.3. The Kier molecular flexibility index (Phi) is 8.21. The maximum atomic E-state index is 14.4. The Labute approximate surface area is 212 Å². The summed E-state index contributed by atoms with van der Waals surface area (Å²) in [4.78, 5) is 30.6. The molecule has 0 radical (unpaired) electrons. The summed E-state index contributed by atoms with van der Waals surface area (Å²) in [5.74, 6) is -0.402. The molecular weight excluding hydrogens is 485 g/mol. The second-order valence-corrected chi connectivity index (χ2v) is 9.41. The minimum Gasteiger partial charge on any atom is -0.352 e. The van der Waals surface area contributed by atoms with Crippen LogP contribution < -0.4 is 10.9 Å². The number of benzene rings is 3. The van der Waals surface area contributed by atoms with Gasteiger partial charge in [0.2, 0.25) is 0 Å². The minimum absolute atomic E-state index is 0.200. The van der Waals surface area contributed by atoms with E-state index in [4.69, 9.17) is 16.6 Å². The monoisotopic (exact) mass is 509 g/mol. The standard InChI is InChI=1S/C27H25ClFN3O2S/c1-2-14-30-25(33)19-11-12-20-24(16-19)31-27(35-17-21-22(28)9-6-10-23(21)29)32(26(20)34)15-13-18-7-4-3-5-8-18/h3-12,16H,2,13-15,17H2,1H3,(H,30,33). The number of fused-ring (bicyclic) bond motifs is 1. The molecule has 1 heterocycles. The van der Waals surface area contributed by atoms with Gasteiger partial charge in [-0.05, 0) is 48.7 Å². The Hall–Kier alpha value is -3.16. The van der Waals surface area contributed by atoms with Crippen LogP contribution in [0.2, 0.25) is 5.02 Å². The molecule has 180 valence electrons. The number of carbonyl (C=O) groups is 1. The zero-order valence-corrected chi connectivity index (χ0v) is 20.8. The Morgan fingerprint density at radius 1 is 1.11 bits per heavy atom. The van der Waals surface area contributed by atoms with Crippen molar-refractivity contribution in [2.24, 2.45) is 0 Å². The molecule has 0 bridgehead atoms. The maximum Gasteiger partial charge on any atom is 0.262 e. The lowest BCUT2D eigenvalue weighted by atomic mass is 10.1. The van der Waals surface area contributed by atoms with E-state index in [1.54, 1.807) is 34.9 Å². The van der Waals surface area contributed by atoms with Gasteiger partial charge in [0.25, 0.3) is 11.5 Å². The number of nitrogens with zero attached hydrogens (tertiary/aromatic N) is 2. The van der Waals surface area contributed by atoms with E-state index in [0.717, 1.165) is 12.0 Å². The third-order valence-corrected chi connectivity index (χ3v) is 6.95. The zero-order chi connectivity index (χ0) is 24.8. The highest BCUT2D eigenvalue weighted by Gasteiger charge is 2.16. The number of hydrogen-bond acceptors (Lipinski definition) is 4. The van der Waals surface area contributed by atoms with E-state index in [1.165, 1.54) is 17.8 Å². The van der Waals surface area contributed by atoms with Crippen LogP contribution in [0.3, 0.4) is 0 Å². The van der Waals surface area contributed by atoms with E-state index < -0.39 is 5.82 Å². The Morgan fingerprint density at radius 3 is 2.66 bits per heavy atom. The van der Waals surface area contributed by atoms with E-state index in [2.05, 4.69) is 5.32 Å². The van der Waals surface area contributed by atoms with Crippen LogP contribution in [-0.2, 0) is 18.7 Å². The molecule has 0 saturated heterocycles. The predicted molar refractivity (Wildman–Crippen MR) is 140 cm³/mol. The van der Waals surface area contributed by atoms with Gasteiger partial charge in [-0.2, -0.15) is 0 Å². The summed E-state index contributed by atoms with van der Waals surface area (Å²) in [5.41, 5.74) is 2.12. The fraction of sp³-hybridized carbons (Fsp3) is 0.222. The first-order chi connectivity index (χ1) is 17.0. The van der Waals surface area contributed by atoms with Crippen molar-refractivity contribution in [1.82, 2.24) is 14.9 Å². The fourth-order valence-corrected chi connectivity index (χ4v) is 5.05. The molecule has 8 heteroatoms. The number of aromatic nitrogens is 2. The smallest absolute Gasteiger partial charge is 0.262 e. The van der Waals surface area contributed by atoms with Crippen LogP contribution in [0.4, 0.5) is 4.39 Å². The van der Waals surface area contributed by atoms with E-state index in [-0.39, 0.29) is 17.2 Å². The van der Waals surface area contributed by atoms with Crippen LogP contribution >= 0.6 is 23.4 Å². The third-order valence-electron chi connectivity index (χ3n) is 5.59. The van der Waals surface area contributed by atoms with Crippen molar-refractivity contribution in [2.75, 3.05) is 6.54 Å². The molecule has 0 aliphatic carbocycles. The SMILES string of the molecule is CCCNC(=O)c1ccc2c(=O)n(CCc3ccccc3)c(SCc3c(F)cccc3Cl)nc2c1. The van der Waals surface area contributed by atoms with Gasteiger partial charge in [-0.15, -0.1) is 0 Å². The molecule has 4 aromatic rings. The molecule has 0 spiro atoms. The average molecular weight is 510 g/mol. The van der Waals surface area contributed by atoms with Crippen molar-refractivity contribution in [3.63, 3.8) is 0 Å². The summed E-state index contributed by atoms with van der Waals surface area (Å²) in [6.45, 7) is 2.96. The molecule has 0 aliphatic heterocycles. The molecule has 0 saturated carbocycles. The number of nitrogens with one attached hydrogen (secondary N) is 1. The Bertz CT molecular complexity index is 1390. The fourth-order valence-electron chi connectivity index (χ4n) is 3.68. The van der Waals surface area contributed by atoms with E-state index in [1.807, 2.05) is 37.3 Å². The molecule has 4 rings (SSSR count). The van der Waals surface area contributed by atoms with Crippen LogP contribution in [0.15, 0.2) is 76.7 Å². The lowest BCUT2D eigenvalue weighted by molar-refractivity contribution is 0.0953. The van der Waals surface area contributed by atoms with Gasteiger partial charge in [-0.1, -0.05) is 66.7 Å². The van der Waals surface area contributed by atoms with E-state index in [9.17, 15) is 14.0 Å². The average Bonchev–Trinajstić information content (AvgIpc) is 2.87. The van der Waals surface area contributed by atoms with E-state index in [0.29, 0.717) is 51.7 Å². The van der Waals surface area contributed by atoms with Crippen molar-refractivity contribution in [3.8, 4) is 0 Å². The van der Waals surface area contributed by atoms with Gasteiger partial charge >= 0.3 is 0 Å². The highest BCUT2D eigenvalue weighted by atomic mass is 35.5. The second-order valence-electron chi connectivity index (χ2n) is 8.06. The van der Waals surface area contributed by atoms with Crippen molar-refractivity contribution < 1.29 is 9.18 Å². The van der Waals surface area contributed by atoms with Gasteiger partial charge < -0.3 is 5.32 Å². The first-order valence-electron chi connectivity index (χ1n) is 11.4. The van der Waals surface area contributed by atoms with Crippen molar-refractivity contribution in [2.45, 2.75) is 37.2 Å². The van der Waals surface area contributed by atoms with Crippen molar-refractivity contribution in [1.29, 1.82) is 0 Å². The molecule has 0 atom stereocenters. The molecule has 35 heavy (non-hydrogen) atoms. The molecule has 5 nitrogen and oxygen atoms in total. The third kappa shape index (κ3) is 5.92. The summed E-state index contributed by atoms with van der Waals surface area (Å²) in [7, 11) is 0. The van der Waals surface area contributed by atoms with Crippen molar-refractivity contribution >= 4 is 40.2 Å². The van der Waals surface area contributed by atoms with Gasteiger partial charge in [-0.25, -0.2) is 9.37 Å². The minimum atomic E-state index is -0.404. The Balaban J connectivity index is 1.72. The predicted octanol–water partition coefficient (Wildman–Crippen LogP) is 5.86. The summed E-state index contributed by atoms with van der Waals surface area (Å²) >= 11 is 7.46. The normalized spacial score (nSPS) is 11.1. The summed E-state index contributed by atoms with van der Waals surface area (Å²) in [5, 5.41) is 4.04. The number of amides is 1. The molecule has 0 fully saturated rings. The lowest BCUT2D eigenvalue weighted by Crippen LogP contribution is -2.26. The number of thioether (sulfide) groups is 1. The summed E-state index contributed by atoms with van der Waals surface area (Å²) < 4.78 is 16.0. The molecule has 1 aromatic heterocycles. The molecule has 0 aliphatic rings. The number of halogens is 2. The molecule has 1 amide bonds. The van der Waals surface area contributed by atoms with Gasteiger partial charge in [0, 0.05) is 35.0 Å². The molecule has 1 N–H and O–H groups in total. The summed E-state index contributed by atoms with van der Waals surface area (Å²) in [6.07, 6.45) is 1.46. The zero-order valence-electron chi connectivity index (χ0n) is 19.3. The van der Waals surface area contributed by atoms with E-state index >= 15 is 0 Å².